The van der Waals surface area contributed by atoms with Crippen LogP contribution in [0.2, 0.25) is 0 Å². The third kappa shape index (κ3) is 2.69. The van der Waals surface area contributed by atoms with Gasteiger partial charge in [-0.2, -0.15) is 11.8 Å². The largest absolute Gasteiger partial charge is 0.388 e. The van der Waals surface area contributed by atoms with Crippen LogP contribution in [0.1, 0.15) is 6.92 Å². The van der Waals surface area contributed by atoms with E-state index in [1.54, 1.807) is 19.2 Å². The molecule has 1 heterocycles. The number of nitrogens with zero attached hydrogens (tertiary/aromatic N) is 2. The van der Waals surface area contributed by atoms with Crippen LogP contribution in [-0.4, -0.2) is 36.1 Å². The Bertz CT molecular complexity index is 453. The molecule has 1 saturated heterocycles. The number of rotatable bonds is 3. The van der Waals surface area contributed by atoms with Crippen LogP contribution < -0.4 is 10.2 Å². The Morgan fingerprint density at radius 3 is 2.89 bits per heavy atom. The van der Waals surface area contributed by atoms with Gasteiger partial charge in [-0.25, -0.2) is 0 Å². The van der Waals surface area contributed by atoms with E-state index in [0.29, 0.717) is 6.04 Å². The van der Waals surface area contributed by atoms with E-state index in [1.165, 1.54) is 0 Å². The van der Waals surface area contributed by atoms with Crippen molar-refractivity contribution in [1.82, 2.24) is 0 Å². The van der Waals surface area contributed by atoms with Crippen molar-refractivity contribution >= 4 is 28.8 Å². The van der Waals surface area contributed by atoms with Crippen molar-refractivity contribution in [2.24, 2.45) is 0 Å². The normalized spacial score (nSPS) is 19.7. The van der Waals surface area contributed by atoms with E-state index >= 15 is 0 Å². The summed E-state index contributed by atoms with van der Waals surface area (Å²) in [5.74, 6) is 2.14. The predicted octanol–water partition coefficient (Wildman–Crippen LogP) is 2.58. The van der Waals surface area contributed by atoms with Gasteiger partial charge in [0.1, 0.15) is 0 Å². The van der Waals surface area contributed by atoms with Gasteiger partial charge in [-0.05, 0) is 13.0 Å². The molecule has 0 spiro atoms. The van der Waals surface area contributed by atoms with Crippen molar-refractivity contribution < 1.29 is 4.92 Å². The molecule has 1 aliphatic rings. The fraction of sp³-hybridized carbons (Fsp3) is 0.500. The zero-order valence-electron chi connectivity index (χ0n) is 10.5. The minimum absolute atomic E-state index is 0.141. The molecule has 0 radical (unpaired) electrons. The van der Waals surface area contributed by atoms with Crippen LogP contribution in [0, 0.1) is 10.1 Å². The van der Waals surface area contributed by atoms with Crippen LogP contribution in [0.3, 0.4) is 0 Å². The number of hydrogen-bond donors (Lipinski definition) is 1. The molecule has 0 aromatic heterocycles. The average molecular weight is 267 g/mol. The second kappa shape index (κ2) is 5.48. The van der Waals surface area contributed by atoms with E-state index in [2.05, 4.69) is 17.1 Å². The molecular formula is C12H17N3O2S. The molecule has 1 unspecified atom stereocenters. The molecule has 0 bridgehead atoms. The summed E-state index contributed by atoms with van der Waals surface area (Å²) in [5, 5.41) is 13.9. The van der Waals surface area contributed by atoms with Crippen LogP contribution in [0.15, 0.2) is 18.2 Å². The Morgan fingerprint density at radius 1 is 1.50 bits per heavy atom. The molecule has 0 aliphatic carbocycles. The first kappa shape index (κ1) is 13.0. The van der Waals surface area contributed by atoms with E-state index in [9.17, 15) is 10.1 Å². The zero-order valence-corrected chi connectivity index (χ0v) is 11.4. The summed E-state index contributed by atoms with van der Waals surface area (Å²) in [6, 6.07) is 5.61. The minimum atomic E-state index is -0.340. The van der Waals surface area contributed by atoms with Crippen molar-refractivity contribution in [3.05, 3.63) is 28.3 Å². The first-order chi connectivity index (χ1) is 8.61. The van der Waals surface area contributed by atoms with Gasteiger partial charge in [0.15, 0.2) is 0 Å². The third-order valence-electron chi connectivity index (χ3n) is 3.10. The Labute approximate surface area is 111 Å². The van der Waals surface area contributed by atoms with Crippen LogP contribution in [0.4, 0.5) is 17.1 Å². The van der Waals surface area contributed by atoms with Crippen LogP contribution in [0.5, 0.6) is 0 Å². The highest BCUT2D eigenvalue weighted by molar-refractivity contribution is 7.99. The summed E-state index contributed by atoms with van der Waals surface area (Å²) in [6.07, 6.45) is 0. The topological polar surface area (TPSA) is 58.4 Å². The fourth-order valence-electron chi connectivity index (χ4n) is 2.12. The Hall–Kier alpha value is -1.43. The summed E-state index contributed by atoms with van der Waals surface area (Å²) >= 11 is 1.93. The molecule has 6 heteroatoms. The third-order valence-corrected chi connectivity index (χ3v) is 4.29. The van der Waals surface area contributed by atoms with Gasteiger partial charge in [-0.3, -0.25) is 10.1 Å². The van der Waals surface area contributed by atoms with E-state index < -0.39 is 0 Å². The van der Waals surface area contributed by atoms with E-state index in [-0.39, 0.29) is 10.6 Å². The Kier molecular flexibility index (Phi) is 3.96. The van der Waals surface area contributed by atoms with E-state index in [0.717, 1.165) is 29.4 Å². The maximum absolute atomic E-state index is 10.9. The summed E-state index contributed by atoms with van der Waals surface area (Å²) < 4.78 is 0. The SMILES string of the molecule is CNc1cc(N2CCSCC2C)cc([N+](=O)[O-])c1. The van der Waals surface area contributed by atoms with Crippen LogP contribution in [0.25, 0.3) is 0 Å². The molecule has 1 aliphatic heterocycles. The number of nitro groups is 1. The number of nitrogens with one attached hydrogen (secondary N) is 1. The summed E-state index contributed by atoms with van der Waals surface area (Å²) in [5.41, 5.74) is 1.85. The first-order valence-electron chi connectivity index (χ1n) is 5.93. The zero-order chi connectivity index (χ0) is 13.1. The predicted molar refractivity (Wildman–Crippen MR) is 76.8 cm³/mol. The molecule has 18 heavy (non-hydrogen) atoms. The van der Waals surface area contributed by atoms with E-state index in [1.807, 2.05) is 17.8 Å². The van der Waals surface area contributed by atoms with Gasteiger partial charge in [0.2, 0.25) is 0 Å². The Balaban J connectivity index is 2.36. The van der Waals surface area contributed by atoms with Crippen molar-refractivity contribution in [3.63, 3.8) is 0 Å². The first-order valence-corrected chi connectivity index (χ1v) is 7.09. The van der Waals surface area contributed by atoms with Gasteiger partial charge in [0, 0.05) is 54.6 Å². The maximum atomic E-state index is 10.9. The molecule has 1 atom stereocenters. The molecule has 1 N–H and O–H groups in total. The van der Waals surface area contributed by atoms with Crippen molar-refractivity contribution in [3.8, 4) is 0 Å². The lowest BCUT2D eigenvalue weighted by Gasteiger charge is -2.35. The molecule has 0 amide bonds. The van der Waals surface area contributed by atoms with Crippen LogP contribution in [-0.2, 0) is 0 Å². The lowest BCUT2D eigenvalue weighted by molar-refractivity contribution is -0.384. The highest BCUT2D eigenvalue weighted by Crippen LogP contribution is 2.30. The second-order valence-corrected chi connectivity index (χ2v) is 5.51. The van der Waals surface area contributed by atoms with Crippen LogP contribution >= 0.6 is 11.8 Å². The molecular weight excluding hydrogens is 250 g/mol. The van der Waals surface area contributed by atoms with E-state index in [4.69, 9.17) is 0 Å². The maximum Gasteiger partial charge on any atom is 0.273 e. The van der Waals surface area contributed by atoms with Crippen molar-refractivity contribution in [2.45, 2.75) is 13.0 Å². The molecule has 1 aromatic carbocycles. The number of anilines is 2. The van der Waals surface area contributed by atoms with Crippen molar-refractivity contribution in [2.75, 3.05) is 35.3 Å². The van der Waals surface area contributed by atoms with Gasteiger partial charge in [0.05, 0.1) is 4.92 Å². The monoisotopic (exact) mass is 267 g/mol. The number of hydrogen-bond acceptors (Lipinski definition) is 5. The van der Waals surface area contributed by atoms with Crippen molar-refractivity contribution in [1.29, 1.82) is 0 Å². The smallest absolute Gasteiger partial charge is 0.273 e. The minimum Gasteiger partial charge on any atom is -0.388 e. The molecule has 98 valence electrons. The number of nitro benzene ring substituents is 1. The summed E-state index contributed by atoms with van der Waals surface area (Å²) in [4.78, 5) is 12.8. The standard InChI is InChI=1S/C12H17N3O2S/c1-9-8-18-4-3-14(9)11-5-10(13-2)6-12(7-11)15(16)17/h5-7,9,13H,3-4,8H2,1-2H3. The molecule has 1 aromatic rings. The second-order valence-electron chi connectivity index (χ2n) is 4.36. The van der Waals surface area contributed by atoms with Gasteiger partial charge >= 0.3 is 0 Å². The lowest BCUT2D eigenvalue weighted by Crippen LogP contribution is -2.40. The summed E-state index contributed by atoms with van der Waals surface area (Å²) in [6.45, 7) is 3.10. The molecule has 1 fully saturated rings. The van der Waals surface area contributed by atoms with Gasteiger partial charge in [-0.1, -0.05) is 0 Å². The average Bonchev–Trinajstić information content (AvgIpc) is 2.38. The van der Waals surface area contributed by atoms with Gasteiger partial charge in [0.25, 0.3) is 5.69 Å². The van der Waals surface area contributed by atoms with Gasteiger partial charge in [-0.15, -0.1) is 0 Å². The molecule has 0 saturated carbocycles. The number of benzene rings is 1. The molecule has 5 nitrogen and oxygen atoms in total. The lowest BCUT2D eigenvalue weighted by atomic mass is 10.2. The Morgan fingerprint density at radius 2 is 2.28 bits per heavy atom. The molecule has 2 rings (SSSR count). The number of thioether (sulfide) groups is 1. The van der Waals surface area contributed by atoms with Gasteiger partial charge < -0.3 is 10.2 Å². The fourth-order valence-corrected chi connectivity index (χ4v) is 3.13. The quantitative estimate of drug-likeness (QED) is 0.674. The highest BCUT2D eigenvalue weighted by atomic mass is 32.2. The summed E-state index contributed by atoms with van der Waals surface area (Å²) in [7, 11) is 1.78. The number of non-ortho nitro benzene ring substituents is 1. The highest BCUT2D eigenvalue weighted by Gasteiger charge is 2.21.